The average Bonchev–Trinajstić information content (AvgIpc) is 3.48. The van der Waals surface area contributed by atoms with Crippen LogP contribution in [0.4, 0.5) is 10.1 Å². The topological polar surface area (TPSA) is 90.7 Å². The highest BCUT2D eigenvalue weighted by Crippen LogP contribution is 2.51. The highest BCUT2D eigenvalue weighted by atomic mass is 32.2. The molecule has 2 saturated heterocycles. The Kier molecular flexibility index (Phi) is 8.98. The first-order chi connectivity index (χ1) is 21.7. The third-order valence-electron chi connectivity index (χ3n) is 10.1. The minimum atomic E-state index is -3.54. The fourth-order valence-corrected chi connectivity index (χ4v) is 9.22. The van der Waals surface area contributed by atoms with Gasteiger partial charge in [-0.05, 0) is 105 Å². The Bertz CT molecular complexity index is 1650. The molecular formula is C36H40FN3O4S. The average molecular weight is 630 g/mol. The second kappa shape index (κ2) is 12.9. The van der Waals surface area contributed by atoms with E-state index < -0.39 is 15.3 Å². The van der Waals surface area contributed by atoms with Gasteiger partial charge in [-0.15, -0.1) is 0 Å². The van der Waals surface area contributed by atoms with Crippen molar-refractivity contribution in [2.45, 2.75) is 60.3 Å². The third-order valence-corrected chi connectivity index (χ3v) is 11.9. The van der Waals surface area contributed by atoms with Gasteiger partial charge in [-0.1, -0.05) is 30.3 Å². The van der Waals surface area contributed by atoms with Crippen molar-refractivity contribution in [3.63, 3.8) is 0 Å². The number of ether oxygens (including phenoxy) is 1. The number of sulfone groups is 1. The number of likely N-dealkylation sites (tertiary alicyclic amines) is 1. The molecule has 3 unspecified atom stereocenters. The van der Waals surface area contributed by atoms with Gasteiger partial charge in [0.25, 0.3) is 0 Å². The largest absolute Gasteiger partial charge is 0.462 e. The quantitative estimate of drug-likeness (QED) is 0.268. The molecular weight excluding hydrogens is 589 g/mol. The molecule has 3 aromatic rings. The summed E-state index contributed by atoms with van der Waals surface area (Å²) in [5, 5.41) is 10.8. The zero-order chi connectivity index (χ0) is 31.6. The van der Waals surface area contributed by atoms with Crippen molar-refractivity contribution in [1.82, 2.24) is 4.90 Å². The zero-order valence-corrected chi connectivity index (χ0v) is 26.5. The van der Waals surface area contributed by atoms with E-state index in [2.05, 4.69) is 15.9 Å². The van der Waals surface area contributed by atoms with Crippen LogP contribution in [0.15, 0.2) is 88.7 Å². The summed E-state index contributed by atoms with van der Waals surface area (Å²) in [5.74, 6) is -0.324. The number of carbonyl (C=O) groups excluding carboxylic acids is 1. The van der Waals surface area contributed by atoms with E-state index in [9.17, 15) is 22.9 Å². The van der Waals surface area contributed by atoms with Crippen LogP contribution in [0.5, 0.6) is 0 Å². The predicted octanol–water partition coefficient (Wildman–Crippen LogP) is 6.00. The number of nitriles is 1. The standard InChI is InChI=1S/C36H40FN3O4S/c1-26(41)44-35-12-6-11-34(35)36(25-38,29-7-5-8-30(37)21-29)28-17-19-39(20-18-28)22-27-23-40(24-27)31-13-15-33(16-14-31)45(42,43)32-9-3-2-4-10-32/h2-5,7-10,13-16,21,27-28,34-35H,6,11-12,17-20,22-24H2,1H3. The predicted molar refractivity (Wildman–Crippen MR) is 170 cm³/mol. The van der Waals surface area contributed by atoms with E-state index in [1.54, 1.807) is 48.5 Å². The molecule has 0 amide bonds. The third kappa shape index (κ3) is 6.23. The molecule has 7 nitrogen and oxygen atoms in total. The number of benzene rings is 3. The summed E-state index contributed by atoms with van der Waals surface area (Å²) >= 11 is 0. The molecule has 3 atom stereocenters. The van der Waals surface area contributed by atoms with Crippen LogP contribution in [-0.4, -0.2) is 58.1 Å². The van der Waals surface area contributed by atoms with Crippen molar-refractivity contribution in [2.75, 3.05) is 37.6 Å². The number of esters is 1. The lowest BCUT2D eigenvalue weighted by Crippen LogP contribution is -2.54. The second-order valence-corrected chi connectivity index (χ2v) is 14.8. The molecule has 0 radical (unpaired) electrons. The van der Waals surface area contributed by atoms with E-state index in [0.29, 0.717) is 21.3 Å². The summed E-state index contributed by atoms with van der Waals surface area (Å²) in [7, 11) is -3.54. The Morgan fingerprint density at radius 2 is 1.64 bits per heavy atom. The molecule has 2 heterocycles. The Morgan fingerprint density at radius 1 is 0.956 bits per heavy atom. The fraction of sp³-hybridized carbons (Fsp3) is 0.444. The number of hydrogen-bond donors (Lipinski definition) is 0. The van der Waals surface area contributed by atoms with Gasteiger partial charge in [-0.25, -0.2) is 12.8 Å². The van der Waals surface area contributed by atoms with Gasteiger partial charge in [0.15, 0.2) is 0 Å². The Balaban J connectivity index is 1.08. The molecule has 3 aliphatic rings. The normalized spacial score (nSPS) is 22.7. The van der Waals surface area contributed by atoms with Gasteiger partial charge in [0.1, 0.15) is 11.9 Å². The Morgan fingerprint density at radius 3 is 2.29 bits per heavy atom. The highest BCUT2D eigenvalue weighted by Gasteiger charge is 2.53. The number of piperidine rings is 1. The van der Waals surface area contributed by atoms with Crippen LogP contribution in [0.25, 0.3) is 0 Å². The van der Waals surface area contributed by atoms with Gasteiger partial charge in [0.05, 0.1) is 21.3 Å². The summed E-state index contributed by atoms with van der Waals surface area (Å²) in [5.41, 5.74) is 0.799. The molecule has 0 bridgehead atoms. The number of carbonyl (C=O) groups is 1. The summed E-state index contributed by atoms with van der Waals surface area (Å²) in [6, 6.07) is 24.8. The lowest BCUT2D eigenvalue weighted by atomic mass is 9.59. The lowest BCUT2D eigenvalue weighted by molar-refractivity contribution is -0.149. The SMILES string of the molecule is CC(=O)OC1CCCC1C(C#N)(c1cccc(F)c1)C1CCN(CC2CN(c3ccc(S(=O)(=O)c4ccccc4)cc3)C2)CC1. The zero-order valence-electron chi connectivity index (χ0n) is 25.6. The van der Waals surface area contributed by atoms with Crippen molar-refractivity contribution in [1.29, 1.82) is 5.26 Å². The molecule has 3 aromatic carbocycles. The van der Waals surface area contributed by atoms with E-state index in [-0.39, 0.29) is 29.7 Å². The van der Waals surface area contributed by atoms with E-state index >= 15 is 0 Å². The summed E-state index contributed by atoms with van der Waals surface area (Å²) in [6.45, 7) is 5.90. The number of halogens is 1. The number of rotatable bonds is 9. The van der Waals surface area contributed by atoms with E-state index in [4.69, 9.17) is 4.74 Å². The molecule has 0 aromatic heterocycles. The van der Waals surface area contributed by atoms with Gasteiger partial charge in [-0.3, -0.25) is 4.79 Å². The molecule has 6 rings (SSSR count). The summed E-state index contributed by atoms with van der Waals surface area (Å²) in [4.78, 5) is 17.3. The number of nitrogens with zero attached hydrogens (tertiary/aromatic N) is 3. The highest BCUT2D eigenvalue weighted by molar-refractivity contribution is 7.91. The fourth-order valence-electron chi connectivity index (χ4n) is 7.94. The monoisotopic (exact) mass is 629 g/mol. The maximum atomic E-state index is 14.5. The first-order valence-corrected chi connectivity index (χ1v) is 17.4. The van der Waals surface area contributed by atoms with Crippen LogP contribution in [0.1, 0.15) is 44.6 Å². The van der Waals surface area contributed by atoms with Crippen molar-refractivity contribution < 1.29 is 22.3 Å². The summed E-state index contributed by atoms with van der Waals surface area (Å²) < 4.78 is 46.1. The van der Waals surface area contributed by atoms with Crippen molar-refractivity contribution in [3.05, 3.63) is 90.2 Å². The maximum Gasteiger partial charge on any atom is 0.302 e. The molecule has 3 fully saturated rings. The molecule has 2 aliphatic heterocycles. The van der Waals surface area contributed by atoms with Gasteiger partial charge < -0.3 is 14.5 Å². The van der Waals surface area contributed by atoms with Crippen LogP contribution in [0.2, 0.25) is 0 Å². The van der Waals surface area contributed by atoms with Crippen molar-refractivity contribution in [3.8, 4) is 6.07 Å². The summed E-state index contributed by atoms with van der Waals surface area (Å²) in [6.07, 6.45) is 3.69. The van der Waals surface area contributed by atoms with Crippen LogP contribution in [0.3, 0.4) is 0 Å². The molecule has 0 N–H and O–H groups in total. The molecule has 1 saturated carbocycles. The number of anilines is 1. The Labute approximate surface area is 265 Å². The van der Waals surface area contributed by atoms with Gasteiger partial charge in [0.2, 0.25) is 9.84 Å². The number of hydrogen-bond acceptors (Lipinski definition) is 7. The first kappa shape index (κ1) is 31.3. The van der Waals surface area contributed by atoms with Gasteiger partial charge in [-0.2, -0.15) is 5.26 Å². The van der Waals surface area contributed by atoms with Crippen LogP contribution in [0, 0.1) is 34.9 Å². The van der Waals surface area contributed by atoms with Crippen LogP contribution in [-0.2, 0) is 24.8 Å². The molecule has 1 aliphatic carbocycles. The first-order valence-electron chi connectivity index (χ1n) is 15.9. The minimum absolute atomic E-state index is 0.0327. The van der Waals surface area contributed by atoms with Gasteiger partial charge >= 0.3 is 5.97 Å². The second-order valence-electron chi connectivity index (χ2n) is 12.8. The lowest BCUT2D eigenvalue weighted by Gasteiger charge is -2.48. The molecule has 9 heteroatoms. The Hall–Kier alpha value is -3.74. The maximum absolute atomic E-state index is 14.5. The van der Waals surface area contributed by atoms with Gasteiger partial charge in [0, 0.05) is 44.1 Å². The van der Waals surface area contributed by atoms with Crippen LogP contribution >= 0.6 is 0 Å². The van der Waals surface area contributed by atoms with Crippen LogP contribution < -0.4 is 4.90 Å². The smallest absolute Gasteiger partial charge is 0.302 e. The van der Waals surface area contributed by atoms with E-state index in [1.165, 1.54) is 19.1 Å². The molecule has 45 heavy (non-hydrogen) atoms. The minimum Gasteiger partial charge on any atom is -0.462 e. The molecule has 0 spiro atoms. The molecule has 236 valence electrons. The van der Waals surface area contributed by atoms with E-state index in [1.807, 2.05) is 18.2 Å². The van der Waals surface area contributed by atoms with E-state index in [0.717, 1.165) is 70.5 Å². The van der Waals surface area contributed by atoms with Crippen molar-refractivity contribution >= 4 is 21.5 Å². The van der Waals surface area contributed by atoms with Crippen molar-refractivity contribution in [2.24, 2.45) is 17.8 Å².